The molecule has 0 spiro atoms. The molecule has 0 aliphatic heterocycles. The lowest BCUT2D eigenvalue weighted by atomic mass is 10.1. The SMILES string of the molecule is CC[C@@H](C(=O)NC1CCCC1)N(Cc1ccc(C)cc1)C(=O)CN(c1cc(C)ccc1OC)S(C)(=O)=O. The number of carbonyl (C=O) groups excluding carboxylic acids is 2. The Bertz CT molecular complexity index is 1190. The summed E-state index contributed by atoms with van der Waals surface area (Å²) in [4.78, 5) is 28.7. The van der Waals surface area contributed by atoms with Gasteiger partial charge in [0.25, 0.3) is 0 Å². The van der Waals surface area contributed by atoms with E-state index in [1.807, 2.05) is 51.1 Å². The molecule has 2 amide bonds. The molecule has 9 heteroatoms. The third-order valence-corrected chi connectivity index (χ3v) is 7.97. The molecule has 0 saturated heterocycles. The molecule has 2 aromatic rings. The van der Waals surface area contributed by atoms with E-state index in [9.17, 15) is 18.0 Å². The summed E-state index contributed by atoms with van der Waals surface area (Å²) in [6.07, 6.45) is 5.50. The van der Waals surface area contributed by atoms with Crippen molar-refractivity contribution in [1.29, 1.82) is 0 Å². The maximum absolute atomic E-state index is 13.9. The summed E-state index contributed by atoms with van der Waals surface area (Å²) >= 11 is 0. The van der Waals surface area contributed by atoms with Crippen molar-refractivity contribution in [1.82, 2.24) is 10.2 Å². The third kappa shape index (κ3) is 7.47. The van der Waals surface area contributed by atoms with Crippen LogP contribution in [-0.4, -0.2) is 57.1 Å². The molecule has 1 atom stereocenters. The van der Waals surface area contributed by atoms with E-state index in [4.69, 9.17) is 4.74 Å². The van der Waals surface area contributed by atoms with E-state index in [0.717, 1.165) is 52.9 Å². The van der Waals surface area contributed by atoms with Crippen molar-refractivity contribution >= 4 is 27.5 Å². The van der Waals surface area contributed by atoms with Crippen LogP contribution in [0.4, 0.5) is 5.69 Å². The second kappa shape index (κ2) is 12.4. The Morgan fingerprint density at radius 3 is 2.24 bits per heavy atom. The van der Waals surface area contributed by atoms with Gasteiger partial charge in [-0.05, 0) is 56.4 Å². The zero-order valence-corrected chi connectivity index (χ0v) is 23.3. The van der Waals surface area contributed by atoms with Crippen LogP contribution in [0.5, 0.6) is 5.75 Å². The summed E-state index contributed by atoms with van der Waals surface area (Å²) in [5, 5.41) is 3.12. The van der Waals surface area contributed by atoms with Crippen LogP contribution in [0.3, 0.4) is 0 Å². The van der Waals surface area contributed by atoms with Gasteiger partial charge in [0.15, 0.2) is 0 Å². The van der Waals surface area contributed by atoms with E-state index < -0.39 is 28.5 Å². The van der Waals surface area contributed by atoms with Crippen molar-refractivity contribution in [2.75, 3.05) is 24.2 Å². The first kappa shape index (κ1) is 28.5. The Kier molecular flexibility index (Phi) is 9.59. The van der Waals surface area contributed by atoms with E-state index in [-0.39, 0.29) is 24.2 Å². The highest BCUT2D eigenvalue weighted by molar-refractivity contribution is 7.92. The summed E-state index contributed by atoms with van der Waals surface area (Å²) in [6.45, 7) is 5.44. The maximum Gasteiger partial charge on any atom is 0.244 e. The molecular formula is C28H39N3O5S. The third-order valence-electron chi connectivity index (χ3n) is 6.84. The molecule has 0 heterocycles. The van der Waals surface area contributed by atoms with Crippen LogP contribution >= 0.6 is 0 Å². The fourth-order valence-corrected chi connectivity index (χ4v) is 5.61. The van der Waals surface area contributed by atoms with E-state index in [1.165, 1.54) is 12.0 Å². The Morgan fingerprint density at radius 1 is 1.05 bits per heavy atom. The van der Waals surface area contributed by atoms with Crippen LogP contribution in [0, 0.1) is 13.8 Å². The number of nitrogens with zero attached hydrogens (tertiary/aromatic N) is 2. The highest BCUT2D eigenvalue weighted by Gasteiger charge is 2.33. The fraction of sp³-hybridized carbons (Fsp3) is 0.500. The molecule has 37 heavy (non-hydrogen) atoms. The van der Waals surface area contributed by atoms with Crippen molar-refractivity contribution < 1.29 is 22.7 Å². The van der Waals surface area contributed by atoms with Crippen LogP contribution in [0.2, 0.25) is 0 Å². The lowest BCUT2D eigenvalue weighted by Crippen LogP contribution is -2.53. The van der Waals surface area contributed by atoms with Gasteiger partial charge in [-0.15, -0.1) is 0 Å². The number of methoxy groups -OCH3 is 1. The van der Waals surface area contributed by atoms with Gasteiger partial charge in [-0.1, -0.05) is 55.7 Å². The summed E-state index contributed by atoms with van der Waals surface area (Å²) in [6, 6.07) is 12.3. The first-order valence-electron chi connectivity index (χ1n) is 12.8. The quantitative estimate of drug-likeness (QED) is 0.476. The van der Waals surface area contributed by atoms with Crippen LogP contribution < -0.4 is 14.4 Å². The number of aryl methyl sites for hydroxylation is 2. The smallest absolute Gasteiger partial charge is 0.244 e. The molecule has 1 aliphatic rings. The number of nitrogens with one attached hydrogen (secondary N) is 1. The fourth-order valence-electron chi connectivity index (χ4n) is 4.77. The zero-order valence-electron chi connectivity index (χ0n) is 22.5. The number of hydrogen-bond acceptors (Lipinski definition) is 5. The minimum atomic E-state index is -3.84. The van der Waals surface area contributed by atoms with E-state index >= 15 is 0 Å². The minimum absolute atomic E-state index is 0.113. The van der Waals surface area contributed by atoms with E-state index in [0.29, 0.717) is 12.2 Å². The molecular weight excluding hydrogens is 490 g/mol. The summed E-state index contributed by atoms with van der Waals surface area (Å²) in [5.74, 6) is -0.309. The summed E-state index contributed by atoms with van der Waals surface area (Å²) < 4.78 is 32.2. The molecule has 0 aromatic heterocycles. The average Bonchev–Trinajstić information content (AvgIpc) is 3.35. The van der Waals surface area contributed by atoms with Crippen LogP contribution in [0.25, 0.3) is 0 Å². The van der Waals surface area contributed by atoms with Gasteiger partial charge < -0.3 is 15.0 Å². The molecule has 0 unspecified atom stereocenters. The Morgan fingerprint density at radius 2 is 1.68 bits per heavy atom. The number of rotatable bonds is 11. The van der Waals surface area contributed by atoms with E-state index in [1.54, 1.807) is 12.1 Å². The van der Waals surface area contributed by atoms with Gasteiger partial charge in [-0.2, -0.15) is 0 Å². The predicted molar refractivity (Wildman–Crippen MR) is 146 cm³/mol. The molecule has 8 nitrogen and oxygen atoms in total. The molecule has 1 aliphatic carbocycles. The van der Waals surface area contributed by atoms with Crippen molar-refractivity contribution in [2.24, 2.45) is 0 Å². The van der Waals surface area contributed by atoms with Crippen molar-refractivity contribution in [3.8, 4) is 5.75 Å². The van der Waals surface area contributed by atoms with Gasteiger partial charge in [0.1, 0.15) is 18.3 Å². The van der Waals surface area contributed by atoms with Crippen LogP contribution in [0.1, 0.15) is 55.7 Å². The largest absolute Gasteiger partial charge is 0.495 e. The predicted octanol–water partition coefficient (Wildman–Crippen LogP) is 3.94. The van der Waals surface area contributed by atoms with Crippen LogP contribution in [-0.2, 0) is 26.2 Å². The Labute approximate surface area is 221 Å². The van der Waals surface area contributed by atoms with Crippen molar-refractivity contribution in [2.45, 2.75) is 71.5 Å². The van der Waals surface area contributed by atoms with Gasteiger partial charge in [0, 0.05) is 12.6 Å². The average molecular weight is 530 g/mol. The normalized spacial score (nSPS) is 14.7. The van der Waals surface area contributed by atoms with Gasteiger partial charge in [0.05, 0.1) is 19.1 Å². The molecule has 0 radical (unpaired) electrons. The van der Waals surface area contributed by atoms with Crippen molar-refractivity contribution in [3.63, 3.8) is 0 Å². The van der Waals surface area contributed by atoms with Crippen LogP contribution in [0.15, 0.2) is 42.5 Å². The number of benzene rings is 2. The molecule has 2 aromatic carbocycles. The summed E-state index contributed by atoms with van der Waals surface area (Å²) in [5.41, 5.74) is 3.07. The second-order valence-electron chi connectivity index (χ2n) is 9.87. The second-order valence-corrected chi connectivity index (χ2v) is 11.8. The molecule has 1 N–H and O–H groups in total. The molecule has 3 rings (SSSR count). The molecule has 1 fully saturated rings. The Hall–Kier alpha value is -3.07. The van der Waals surface area contributed by atoms with Gasteiger partial charge in [-0.25, -0.2) is 8.42 Å². The number of hydrogen-bond donors (Lipinski definition) is 1. The first-order chi connectivity index (χ1) is 17.5. The number of carbonyl (C=O) groups is 2. The lowest BCUT2D eigenvalue weighted by Gasteiger charge is -2.33. The number of ether oxygens (including phenoxy) is 1. The van der Waals surface area contributed by atoms with E-state index in [2.05, 4.69) is 5.32 Å². The molecule has 1 saturated carbocycles. The minimum Gasteiger partial charge on any atom is -0.495 e. The standard InChI is InChI=1S/C28H39N3O5S/c1-6-24(28(33)29-23-9-7-8-10-23)30(18-22-14-11-20(2)12-15-22)27(32)19-31(37(5,34)35)25-17-21(3)13-16-26(25)36-4/h11-17,23-24H,6-10,18-19H2,1-5H3,(H,29,33)/t24-/m0/s1. The van der Waals surface area contributed by atoms with Gasteiger partial charge in [-0.3, -0.25) is 13.9 Å². The highest BCUT2D eigenvalue weighted by atomic mass is 32.2. The number of sulfonamides is 1. The van der Waals surface area contributed by atoms with Gasteiger partial charge in [0.2, 0.25) is 21.8 Å². The first-order valence-corrected chi connectivity index (χ1v) is 14.7. The molecule has 0 bridgehead atoms. The number of anilines is 1. The Balaban J connectivity index is 1.96. The zero-order chi connectivity index (χ0) is 27.2. The summed E-state index contributed by atoms with van der Waals surface area (Å²) in [7, 11) is -2.38. The number of amides is 2. The highest BCUT2D eigenvalue weighted by Crippen LogP contribution is 2.31. The topological polar surface area (TPSA) is 96.0 Å². The molecule has 202 valence electrons. The maximum atomic E-state index is 13.9. The lowest BCUT2D eigenvalue weighted by molar-refractivity contribution is -0.140. The monoisotopic (exact) mass is 529 g/mol. The van der Waals surface area contributed by atoms with Gasteiger partial charge >= 0.3 is 0 Å². The van der Waals surface area contributed by atoms with Crippen molar-refractivity contribution in [3.05, 3.63) is 59.2 Å².